The van der Waals surface area contributed by atoms with Gasteiger partial charge >= 0.3 is 0 Å². The molecular formula is C26H29N3O2S2. The van der Waals surface area contributed by atoms with Crippen LogP contribution < -0.4 is 20.7 Å². The van der Waals surface area contributed by atoms with Gasteiger partial charge in [0.1, 0.15) is 5.75 Å². The van der Waals surface area contributed by atoms with E-state index in [1.807, 2.05) is 85.8 Å². The van der Waals surface area contributed by atoms with Crippen LogP contribution in [0.2, 0.25) is 0 Å². The van der Waals surface area contributed by atoms with Crippen LogP contribution in [0.5, 0.6) is 5.75 Å². The number of amides is 1. The summed E-state index contributed by atoms with van der Waals surface area (Å²) in [5.41, 5.74) is 2.54. The van der Waals surface area contributed by atoms with E-state index < -0.39 is 0 Å². The summed E-state index contributed by atoms with van der Waals surface area (Å²) in [4.78, 5) is 13.6. The van der Waals surface area contributed by atoms with Gasteiger partial charge in [0.2, 0.25) is 5.91 Å². The van der Waals surface area contributed by atoms with Crippen LogP contribution >= 0.6 is 24.0 Å². The Morgan fingerprint density at radius 1 is 0.909 bits per heavy atom. The Kier molecular flexibility index (Phi) is 9.59. The van der Waals surface area contributed by atoms with Crippen LogP contribution in [0.1, 0.15) is 26.7 Å². The number of carbonyl (C=O) groups excluding carboxylic acids is 1. The Bertz CT molecular complexity index is 1040. The number of rotatable bonds is 10. The first-order chi connectivity index (χ1) is 16.0. The molecule has 0 aliphatic heterocycles. The lowest BCUT2D eigenvalue weighted by Crippen LogP contribution is -2.22. The van der Waals surface area contributed by atoms with Gasteiger partial charge in [-0.15, -0.1) is 11.8 Å². The third kappa shape index (κ3) is 8.44. The number of hydrogen-bond acceptors (Lipinski definition) is 4. The molecule has 3 aromatic carbocycles. The Morgan fingerprint density at radius 3 is 2.30 bits per heavy atom. The van der Waals surface area contributed by atoms with Crippen molar-refractivity contribution in [2.75, 3.05) is 22.6 Å². The average molecular weight is 480 g/mol. The molecule has 1 amide bonds. The number of nitrogens with one attached hydrogen (secondary N) is 3. The molecule has 0 aliphatic carbocycles. The summed E-state index contributed by atoms with van der Waals surface area (Å²) < 4.78 is 5.67. The predicted octanol–water partition coefficient (Wildman–Crippen LogP) is 6.79. The lowest BCUT2D eigenvalue weighted by atomic mass is 10.3. The number of hydrogen-bond donors (Lipinski definition) is 3. The highest BCUT2D eigenvalue weighted by Crippen LogP contribution is 2.27. The van der Waals surface area contributed by atoms with E-state index in [2.05, 4.69) is 22.9 Å². The molecule has 1 unspecified atom stereocenters. The van der Waals surface area contributed by atoms with Crippen molar-refractivity contribution in [3.63, 3.8) is 0 Å². The highest BCUT2D eigenvalue weighted by atomic mass is 32.2. The Morgan fingerprint density at radius 2 is 1.58 bits per heavy atom. The molecule has 3 rings (SSSR count). The van der Waals surface area contributed by atoms with E-state index in [4.69, 9.17) is 17.0 Å². The van der Waals surface area contributed by atoms with Gasteiger partial charge in [0, 0.05) is 22.0 Å². The SMILES string of the molecule is CCCCOc1ccc(NC(=O)C(C)Sc2cccc(NC(=S)Nc3ccccc3)c2)cc1. The number of ether oxygens (including phenoxy) is 1. The maximum atomic E-state index is 12.7. The lowest BCUT2D eigenvalue weighted by molar-refractivity contribution is -0.115. The summed E-state index contributed by atoms with van der Waals surface area (Å²) in [6, 6.07) is 25.1. The number of unbranched alkanes of at least 4 members (excludes halogenated alkanes) is 1. The standard InChI is InChI=1S/C26H29N3O2S2/c1-3-4-17-31-23-15-13-21(14-16-23)27-25(30)19(2)33-24-12-8-11-22(18-24)29-26(32)28-20-9-6-5-7-10-20/h5-16,18-19H,3-4,17H2,1-2H3,(H,27,30)(H2,28,29,32). The summed E-state index contributed by atoms with van der Waals surface area (Å²) in [7, 11) is 0. The first-order valence-corrected chi connectivity index (χ1v) is 12.3. The van der Waals surface area contributed by atoms with E-state index in [1.54, 1.807) is 0 Å². The highest BCUT2D eigenvalue weighted by Gasteiger charge is 2.15. The summed E-state index contributed by atoms with van der Waals surface area (Å²) in [5, 5.41) is 9.56. The van der Waals surface area contributed by atoms with Crippen molar-refractivity contribution in [2.45, 2.75) is 36.8 Å². The maximum absolute atomic E-state index is 12.7. The fraction of sp³-hybridized carbons (Fsp3) is 0.231. The molecule has 1 atom stereocenters. The second-order valence-corrected chi connectivity index (χ2v) is 9.27. The number of para-hydroxylation sites is 1. The summed E-state index contributed by atoms with van der Waals surface area (Å²) >= 11 is 6.89. The van der Waals surface area contributed by atoms with E-state index in [-0.39, 0.29) is 11.2 Å². The first kappa shape index (κ1) is 24.6. The molecule has 0 fully saturated rings. The van der Waals surface area contributed by atoms with E-state index in [1.165, 1.54) is 11.8 Å². The minimum Gasteiger partial charge on any atom is -0.494 e. The van der Waals surface area contributed by atoms with Gasteiger partial charge in [-0.3, -0.25) is 4.79 Å². The second kappa shape index (κ2) is 12.9. The molecule has 0 aromatic heterocycles. The highest BCUT2D eigenvalue weighted by molar-refractivity contribution is 8.00. The predicted molar refractivity (Wildman–Crippen MR) is 144 cm³/mol. The molecular weight excluding hydrogens is 450 g/mol. The van der Waals surface area contributed by atoms with Crippen molar-refractivity contribution in [2.24, 2.45) is 0 Å². The number of thiocarbonyl (C=S) groups is 1. The Balaban J connectivity index is 1.50. The summed E-state index contributed by atoms with van der Waals surface area (Å²) in [6.45, 7) is 4.73. The zero-order valence-electron chi connectivity index (χ0n) is 18.8. The molecule has 0 heterocycles. The van der Waals surface area contributed by atoms with Gasteiger partial charge in [-0.05, 0) is 80.2 Å². The zero-order valence-corrected chi connectivity index (χ0v) is 20.5. The first-order valence-electron chi connectivity index (χ1n) is 11.0. The van der Waals surface area contributed by atoms with Gasteiger partial charge in [-0.25, -0.2) is 0 Å². The van der Waals surface area contributed by atoms with Crippen LogP contribution in [0.25, 0.3) is 0 Å². The molecule has 7 heteroatoms. The van der Waals surface area contributed by atoms with Gasteiger partial charge in [0.05, 0.1) is 11.9 Å². The molecule has 0 aliphatic rings. The zero-order chi connectivity index (χ0) is 23.5. The van der Waals surface area contributed by atoms with Crippen LogP contribution in [0, 0.1) is 0 Å². The van der Waals surface area contributed by atoms with Crippen LogP contribution in [0.4, 0.5) is 17.1 Å². The van der Waals surface area contributed by atoms with E-state index in [0.29, 0.717) is 11.7 Å². The summed E-state index contributed by atoms with van der Waals surface area (Å²) in [5.74, 6) is 0.757. The lowest BCUT2D eigenvalue weighted by Gasteiger charge is -2.14. The third-order valence-corrected chi connectivity index (χ3v) is 5.99. The molecule has 3 aromatic rings. The monoisotopic (exact) mass is 479 g/mol. The van der Waals surface area contributed by atoms with Gasteiger partial charge < -0.3 is 20.7 Å². The van der Waals surface area contributed by atoms with Gasteiger partial charge in [0.25, 0.3) is 0 Å². The molecule has 0 spiro atoms. The maximum Gasteiger partial charge on any atom is 0.237 e. The van der Waals surface area contributed by atoms with E-state index in [0.717, 1.165) is 40.5 Å². The molecule has 0 bridgehead atoms. The van der Waals surface area contributed by atoms with Gasteiger partial charge in [-0.2, -0.15) is 0 Å². The van der Waals surface area contributed by atoms with Gasteiger partial charge in [-0.1, -0.05) is 37.6 Å². The topological polar surface area (TPSA) is 62.4 Å². The van der Waals surface area contributed by atoms with E-state index >= 15 is 0 Å². The van der Waals surface area contributed by atoms with Crippen LogP contribution in [0.15, 0.2) is 83.8 Å². The molecule has 0 saturated heterocycles. The Labute approximate surface area is 205 Å². The van der Waals surface area contributed by atoms with Crippen molar-refractivity contribution in [3.05, 3.63) is 78.9 Å². The molecule has 0 radical (unpaired) electrons. The largest absolute Gasteiger partial charge is 0.494 e. The fourth-order valence-electron chi connectivity index (χ4n) is 2.93. The number of carbonyl (C=O) groups is 1. The van der Waals surface area contributed by atoms with Crippen molar-refractivity contribution >= 4 is 52.1 Å². The molecule has 33 heavy (non-hydrogen) atoms. The minimum absolute atomic E-state index is 0.0562. The van der Waals surface area contributed by atoms with Crippen molar-refractivity contribution in [1.29, 1.82) is 0 Å². The number of benzene rings is 3. The molecule has 0 saturated carbocycles. The van der Waals surface area contributed by atoms with E-state index in [9.17, 15) is 4.79 Å². The van der Waals surface area contributed by atoms with Crippen LogP contribution in [-0.4, -0.2) is 22.9 Å². The smallest absolute Gasteiger partial charge is 0.237 e. The van der Waals surface area contributed by atoms with Crippen molar-refractivity contribution in [3.8, 4) is 5.75 Å². The molecule has 5 nitrogen and oxygen atoms in total. The quantitative estimate of drug-likeness (QED) is 0.169. The van der Waals surface area contributed by atoms with Crippen LogP contribution in [-0.2, 0) is 4.79 Å². The van der Waals surface area contributed by atoms with Crippen molar-refractivity contribution in [1.82, 2.24) is 0 Å². The third-order valence-electron chi connectivity index (χ3n) is 4.69. The van der Waals surface area contributed by atoms with Crippen LogP contribution in [0.3, 0.4) is 0 Å². The summed E-state index contributed by atoms with van der Waals surface area (Å²) in [6.07, 6.45) is 2.12. The number of anilines is 3. The fourth-order valence-corrected chi connectivity index (χ4v) is 4.09. The Hall–Kier alpha value is -3.03. The second-order valence-electron chi connectivity index (χ2n) is 7.45. The minimum atomic E-state index is -0.268. The number of thioether (sulfide) groups is 1. The normalized spacial score (nSPS) is 11.3. The molecule has 3 N–H and O–H groups in total. The molecule has 172 valence electrons. The average Bonchev–Trinajstić information content (AvgIpc) is 2.81. The van der Waals surface area contributed by atoms with Gasteiger partial charge in [0.15, 0.2) is 5.11 Å². The van der Waals surface area contributed by atoms with Crippen molar-refractivity contribution < 1.29 is 9.53 Å².